The third-order valence-corrected chi connectivity index (χ3v) is 2.73. The van der Waals surface area contributed by atoms with E-state index in [9.17, 15) is 4.79 Å². The lowest BCUT2D eigenvalue weighted by Gasteiger charge is -2.24. The number of fused-ring (bicyclic) bond motifs is 1. The lowest BCUT2D eigenvalue weighted by Crippen LogP contribution is -2.34. The maximum Gasteiger partial charge on any atom is 0.151 e. The lowest BCUT2D eigenvalue weighted by atomic mass is 9.91. The summed E-state index contributed by atoms with van der Waals surface area (Å²) in [5, 5.41) is 12.0. The molecule has 15 heavy (non-hydrogen) atoms. The molecule has 3 nitrogen and oxygen atoms in total. The molecular weight excluding hydrogens is 188 g/mol. The number of nitriles is 1. The molecule has 0 bridgehead atoms. The minimum Gasteiger partial charge on any atom is -0.303 e. The maximum absolute atomic E-state index is 11.4. The summed E-state index contributed by atoms with van der Waals surface area (Å²) in [6, 6.07) is 7.45. The molecule has 0 amide bonds. The van der Waals surface area contributed by atoms with E-state index in [-0.39, 0.29) is 11.8 Å². The predicted molar refractivity (Wildman–Crippen MR) is 56.3 cm³/mol. The van der Waals surface area contributed by atoms with Crippen LogP contribution in [0.4, 0.5) is 0 Å². The third kappa shape index (κ3) is 1.77. The zero-order chi connectivity index (χ0) is 10.8. The summed E-state index contributed by atoms with van der Waals surface area (Å²) in [5.74, 6) is 0.126. The van der Waals surface area contributed by atoms with Crippen LogP contribution in [0.3, 0.4) is 0 Å². The molecule has 0 radical (unpaired) electrons. The fraction of sp³-hybridized carbons (Fsp3) is 0.333. The van der Waals surface area contributed by atoms with Crippen LogP contribution in [-0.2, 0) is 11.2 Å². The van der Waals surface area contributed by atoms with Crippen LogP contribution in [0.1, 0.15) is 29.7 Å². The number of hydrogen-bond donors (Lipinski definition) is 1. The Hall–Kier alpha value is -1.66. The molecule has 1 unspecified atom stereocenters. The third-order valence-electron chi connectivity index (χ3n) is 2.73. The molecule has 0 aromatic heterocycles. The van der Waals surface area contributed by atoms with E-state index in [4.69, 9.17) is 5.26 Å². The van der Waals surface area contributed by atoms with Crippen molar-refractivity contribution in [3.05, 3.63) is 34.9 Å². The maximum atomic E-state index is 11.4. The normalized spacial score (nSPS) is 19.1. The van der Waals surface area contributed by atoms with Crippen molar-refractivity contribution in [3.63, 3.8) is 0 Å². The van der Waals surface area contributed by atoms with Crippen LogP contribution in [0.5, 0.6) is 0 Å². The van der Waals surface area contributed by atoms with E-state index in [1.165, 1.54) is 0 Å². The van der Waals surface area contributed by atoms with E-state index in [0.717, 1.165) is 24.1 Å². The summed E-state index contributed by atoms with van der Waals surface area (Å²) in [7, 11) is 0. The SMILES string of the molecule is CC(=O)C1NCCc2cc(C#N)ccc21. The Morgan fingerprint density at radius 1 is 1.60 bits per heavy atom. The topological polar surface area (TPSA) is 52.9 Å². The minimum atomic E-state index is -0.193. The van der Waals surface area contributed by atoms with Gasteiger partial charge in [0.25, 0.3) is 0 Å². The first-order chi connectivity index (χ1) is 7.22. The number of carbonyl (C=O) groups excluding carboxylic acids is 1. The summed E-state index contributed by atoms with van der Waals surface area (Å²) in [6.45, 7) is 2.39. The van der Waals surface area contributed by atoms with E-state index in [0.29, 0.717) is 5.56 Å². The van der Waals surface area contributed by atoms with Crippen molar-refractivity contribution in [2.45, 2.75) is 19.4 Å². The van der Waals surface area contributed by atoms with Crippen molar-refractivity contribution in [1.29, 1.82) is 5.26 Å². The molecule has 1 atom stereocenters. The molecule has 76 valence electrons. The molecular formula is C12H12N2O. The van der Waals surface area contributed by atoms with E-state index in [1.54, 1.807) is 13.0 Å². The molecule has 0 fully saturated rings. The Balaban J connectivity index is 2.46. The quantitative estimate of drug-likeness (QED) is 0.744. The van der Waals surface area contributed by atoms with Gasteiger partial charge in [-0.3, -0.25) is 4.79 Å². The van der Waals surface area contributed by atoms with E-state index in [2.05, 4.69) is 11.4 Å². The van der Waals surface area contributed by atoms with Gasteiger partial charge < -0.3 is 5.32 Å². The standard InChI is InChI=1S/C12H12N2O/c1-8(15)12-11-3-2-9(7-13)6-10(11)4-5-14-12/h2-3,6,12,14H,4-5H2,1H3. The van der Waals surface area contributed by atoms with Gasteiger partial charge >= 0.3 is 0 Å². The number of Topliss-reactive ketones (excluding diaryl/α,β-unsaturated/α-hetero) is 1. The summed E-state index contributed by atoms with van der Waals surface area (Å²) < 4.78 is 0. The number of ketones is 1. The number of carbonyl (C=O) groups is 1. The second kappa shape index (κ2) is 3.84. The van der Waals surface area contributed by atoms with Gasteiger partial charge in [-0.05, 0) is 36.6 Å². The Morgan fingerprint density at radius 2 is 2.40 bits per heavy atom. The van der Waals surface area contributed by atoms with Crippen molar-refractivity contribution in [2.75, 3.05) is 6.54 Å². The first kappa shape index (κ1) is 9.88. The summed E-state index contributed by atoms with van der Waals surface area (Å²) in [5.41, 5.74) is 2.80. The molecule has 0 saturated carbocycles. The lowest BCUT2D eigenvalue weighted by molar-refractivity contribution is -0.119. The first-order valence-corrected chi connectivity index (χ1v) is 4.99. The number of hydrogen-bond acceptors (Lipinski definition) is 3. The largest absolute Gasteiger partial charge is 0.303 e. The van der Waals surface area contributed by atoms with Crippen LogP contribution in [0.2, 0.25) is 0 Å². The van der Waals surface area contributed by atoms with Crippen molar-refractivity contribution < 1.29 is 4.79 Å². The molecule has 1 heterocycles. The molecule has 1 aliphatic heterocycles. The van der Waals surface area contributed by atoms with Gasteiger partial charge in [-0.2, -0.15) is 5.26 Å². The van der Waals surface area contributed by atoms with Crippen LogP contribution < -0.4 is 5.32 Å². The number of nitrogens with one attached hydrogen (secondary N) is 1. The Labute approximate surface area is 88.7 Å². The second-order valence-electron chi connectivity index (χ2n) is 3.77. The molecule has 1 aliphatic rings. The summed E-state index contributed by atoms with van der Waals surface area (Å²) >= 11 is 0. The molecule has 3 heteroatoms. The Kier molecular flexibility index (Phi) is 2.53. The zero-order valence-electron chi connectivity index (χ0n) is 8.58. The summed E-state index contributed by atoms with van der Waals surface area (Å²) in [6.07, 6.45) is 0.884. The highest BCUT2D eigenvalue weighted by Gasteiger charge is 2.22. The zero-order valence-corrected chi connectivity index (χ0v) is 8.58. The summed E-state index contributed by atoms with van der Waals surface area (Å²) in [4.78, 5) is 11.4. The Morgan fingerprint density at radius 3 is 3.07 bits per heavy atom. The van der Waals surface area contributed by atoms with Gasteiger partial charge in [0.2, 0.25) is 0 Å². The van der Waals surface area contributed by atoms with E-state index >= 15 is 0 Å². The molecule has 1 aromatic rings. The van der Waals surface area contributed by atoms with Crippen molar-refractivity contribution >= 4 is 5.78 Å². The molecule has 1 aromatic carbocycles. The van der Waals surface area contributed by atoms with Gasteiger partial charge in [0.1, 0.15) is 0 Å². The van der Waals surface area contributed by atoms with Gasteiger partial charge in [-0.1, -0.05) is 6.07 Å². The van der Waals surface area contributed by atoms with Crippen LogP contribution in [0, 0.1) is 11.3 Å². The first-order valence-electron chi connectivity index (χ1n) is 4.99. The monoisotopic (exact) mass is 200 g/mol. The molecule has 1 N–H and O–H groups in total. The van der Waals surface area contributed by atoms with Crippen molar-refractivity contribution in [3.8, 4) is 6.07 Å². The highest BCUT2D eigenvalue weighted by molar-refractivity contribution is 5.83. The van der Waals surface area contributed by atoms with Crippen LogP contribution in [0.25, 0.3) is 0 Å². The van der Waals surface area contributed by atoms with E-state index in [1.807, 2.05) is 12.1 Å². The highest BCUT2D eigenvalue weighted by Crippen LogP contribution is 2.24. The average molecular weight is 200 g/mol. The molecule has 2 rings (SSSR count). The van der Waals surface area contributed by atoms with Gasteiger partial charge in [0, 0.05) is 6.54 Å². The number of benzene rings is 1. The molecule has 0 aliphatic carbocycles. The Bertz CT molecular complexity index is 445. The number of rotatable bonds is 1. The highest BCUT2D eigenvalue weighted by atomic mass is 16.1. The smallest absolute Gasteiger partial charge is 0.151 e. The fourth-order valence-electron chi connectivity index (χ4n) is 2.00. The van der Waals surface area contributed by atoms with E-state index < -0.39 is 0 Å². The molecule has 0 spiro atoms. The minimum absolute atomic E-state index is 0.126. The van der Waals surface area contributed by atoms with Gasteiger partial charge in [-0.25, -0.2) is 0 Å². The predicted octanol–water partition coefficient (Wildman–Crippen LogP) is 1.33. The van der Waals surface area contributed by atoms with Gasteiger partial charge in [-0.15, -0.1) is 0 Å². The van der Waals surface area contributed by atoms with Crippen molar-refractivity contribution in [1.82, 2.24) is 5.32 Å². The average Bonchev–Trinajstić information content (AvgIpc) is 2.27. The second-order valence-corrected chi connectivity index (χ2v) is 3.77. The van der Waals surface area contributed by atoms with Gasteiger partial charge in [0.15, 0.2) is 5.78 Å². The number of nitrogens with zero attached hydrogens (tertiary/aromatic N) is 1. The van der Waals surface area contributed by atoms with Crippen molar-refractivity contribution in [2.24, 2.45) is 0 Å². The van der Waals surface area contributed by atoms with Crippen LogP contribution in [0.15, 0.2) is 18.2 Å². The van der Waals surface area contributed by atoms with Crippen LogP contribution >= 0.6 is 0 Å². The van der Waals surface area contributed by atoms with Crippen LogP contribution in [-0.4, -0.2) is 12.3 Å². The van der Waals surface area contributed by atoms with Gasteiger partial charge in [0.05, 0.1) is 17.7 Å². The fourth-order valence-corrected chi connectivity index (χ4v) is 2.00. The molecule has 0 saturated heterocycles.